The Hall–Kier alpha value is -2.75. The minimum Gasteiger partial charge on any atom is -0.368 e. The van der Waals surface area contributed by atoms with Crippen LogP contribution in [0.3, 0.4) is 0 Å². The summed E-state index contributed by atoms with van der Waals surface area (Å²) in [6.45, 7) is 0.738. The summed E-state index contributed by atoms with van der Waals surface area (Å²) in [6, 6.07) is 5.70. The molecule has 20 heavy (non-hydrogen) atoms. The first-order valence-electron chi connectivity index (χ1n) is 5.99. The fourth-order valence-electron chi connectivity index (χ4n) is 1.75. The summed E-state index contributed by atoms with van der Waals surface area (Å²) in [5.41, 5.74) is 6.39. The quantitative estimate of drug-likeness (QED) is 0.887. The molecule has 2 heterocycles. The third-order valence-corrected chi connectivity index (χ3v) is 2.63. The number of halogens is 1. The Kier molecular flexibility index (Phi) is 4.39. The van der Waals surface area contributed by atoms with Crippen LogP contribution in [0, 0.1) is 17.1 Å². The van der Waals surface area contributed by atoms with Crippen LogP contribution in [0.1, 0.15) is 12.0 Å². The third kappa shape index (κ3) is 3.38. The Bertz CT molecular complexity index is 610. The number of nitriles is 1. The lowest BCUT2D eigenvalue weighted by Crippen LogP contribution is -2.26. The summed E-state index contributed by atoms with van der Waals surface area (Å²) >= 11 is 0. The highest BCUT2D eigenvalue weighted by Crippen LogP contribution is 2.19. The van der Waals surface area contributed by atoms with Gasteiger partial charge in [-0.25, -0.2) is 9.37 Å². The van der Waals surface area contributed by atoms with E-state index in [1.54, 1.807) is 23.4 Å². The van der Waals surface area contributed by atoms with Crippen LogP contribution in [0.5, 0.6) is 0 Å². The van der Waals surface area contributed by atoms with Crippen molar-refractivity contribution in [2.24, 2.45) is 0 Å². The first kappa shape index (κ1) is 13.7. The van der Waals surface area contributed by atoms with Crippen molar-refractivity contribution >= 4 is 11.8 Å². The van der Waals surface area contributed by atoms with Gasteiger partial charge >= 0.3 is 0 Å². The maximum absolute atomic E-state index is 13.8. The number of hydrogen-bond acceptors (Lipinski definition) is 6. The van der Waals surface area contributed by atoms with Crippen molar-refractivity contribution < 1.29 is 4.39 Å². The van der Waals surface area contributed by atoms with Crippen molar-refractivity contribution in [3.05, 3.63) is 42.1 Å². The SMILES string of the molecule is N#CCCN(Cc1cccnc1)c1nc(N)ncc1F. The number of rotatable bonds is 5. The van der Waals surface area contributed by atoms with Gasteiger partial charge in [-0.3, -0.25) is 4.98 Å². The number of aromatic nitrogens is 3. The molecule has 0 aromatic carbocycles. The smallest absolute Gasteiger partial charge is 0.222 e. The van der Waals surface area contributed by atoms with Crippen LogP contribution < -0.4 is 10.6 Å². The van der Waals surface area contributed by atoms with E-state index in [1.165, 1.54) is 0 Å². The number of pyridine rings is 1. The van der Waals surface area contributed by atoms with Crippen LogP contribution in [-0.2, 0) is 6.54 Å². The molecule has 0 aliphatic carbocycles. The molecular formula is C13H13FN6. The van der Waals surface area contributed by atoms with Gasteiger partial charge in [0.25, 0.3) is 0 Å². The fourth-order valence-corrected chi connectivity index (χ4v) is 1.75. The van der Waals surface area contributed by atoms with Crippen LogP contribution in [0.25, 0.3) is 0 Å². The number of anilines is 2. The van der Waals surface area contributed by atoms with Crippen molar-refractivity contribution in [3.63, 3.8) is 0 Å². The van der Waals surface area contributed by atoms with Crippen molar-refractivity contribution in [3.8, 4) is 6.07 Å². The zero-order chi connectivity index (χ0) is 14.4. The highest BCUT2D eigenvalue weighted by atomic mass is 19.1. The molecule has 6 nitrogen and oxygen atoms in total. The molecular weight excluding hydrogens is 259 g/mol. The lowest BCUT2D eigenvalue weighted by molar-refractivity contribution is 0.601. The normalized spacial score (nSPS) is 10.0. The molecule has 0 amide bonds. The second-order valence-electron chi connectivity index (χ2n) is 4.09. The first-order chi connectivity index (χ1) is 9.70. The van der Waals surface area contributed by atoms with E-state index in [0.717, 1.165) is 11.8 Å². The average molecular weight is 272 g/mol. The lowest BCUT2D eigenvalue weighted by atomic mass is 10.2. The van der Waals surface area contributed by atoms with Crippen molar-refractivity contribution in [2.45, 2.75) is 13.0 Å². The highest BCUT2D eigenvalue weighted by Gasteiger charge is 2.15. The van der Waals surface area contributed by atoms with Gasteiger partial charge in [0.2, 0.25) is 5.95 Å². The average Bonchev–Trinajstić information content (AvgIpc) is 2.47. The largest absolute Gasteiger partial charge is 0.368 e. The van der Waals surface area contributed by atoms with Gasteiger partial charge in [0, 0.05) is 25.5 Å². The molecule has 102 valence electrons. The lowest BCUT2D eigenvalue weighted by Gasteiger charge is -2.23. The molecule has 0 aliphatic rings. The monoisotopic (exact) mass is 272 g/mol. The molecule has 0 unspecified atom stereocenters. The Morgan fingerprint density at radius 1 is 1.40 bits per heavy atom. The van der Waals surface area contributed by atoms with Gasteiger partial charge in [-0.05, 0) is 11.6 Å². The highest BCUT2D eigenvalue weighted by molar-refractivity contribution is 5.43. The summed E-state index contributed by atoms with van der Waals surface area (Å²) < 4.78 is 13.8. The maximum atomic E-state index is 13.8. The number of nitrogens with two attached hydrogens (primary N) is 1. The second-order valence-corrected chi connectivity index (χ2v) is 4.09. The van der Waals surface area contributed by atoms with Gasteiger partial charge in [0.05, 0.1) is 18.7 Å². The van der Waals surface area contributed by atoms with Gasteiger partial charge in [0.1, 0.15) is 0 Å². The van der Waals surface area contributed by atoms with Gasteiger partial charge in [-0.1, -0.05) is 6.07 Å². The summed E-state index contributed by atoms with van der Waals surface area (Å²) in [4.78, 5) is 13.2. The number of hydrogen-bond donors (Lipinski definition) is 1. The Balaban J connectivity index is 2.27. The predicted octanol–water partition coefficient (Wildman–Crippen LogP) is 1.51. The van der Waals surface area contributed by atoms with Crippen LogP contribution in [0.4, 0.5) is 16.2 Å². The summed E-state index contributed by atoms with van der Waals surface area (Å²) in [6.07, 6.45) is 4.62. The molecule has 2 N–H and O–H groups in total. The predicted molar refractivity (Wildman–Crippen MR) is 71.9 cm³/mol. The fraction of sp³-hybridized carbons (Fsp3) is 0.231. The topological polar surface area (TPSA) is 91.7 Å². The van der Waals surface area contributed by atoms with Crippen LogP contribution in [0.2, 0.25) is 0 Å². The van der Waals surface area contributed by atoms with E-state index < -0.39 is 5.82 Å². The molecule has 0 saturated carbocycles. The molecule has 0 spiro atoms. The maximum Gasteiger partial charge on any atom is 0.222 e. The molecule has 2 rings (SSSR count). The molecule has 0 aliphatic heterocycles. The summed E-state index contributed by atoms with van der Waals surface area (Å²) in [5, 5.41) is 8.71. The molecule has 0 atom stereocenters. The minimum atomic E-state index is -0.568. The van der Waals surface area contributed by atoms with Gasteiger partial charge in [0.15, 0.2) is 11.6 Å². The standard InChI is InChI=1S/C13H13FN6/c14-11-8-18-13(16)19-12(11)20(6-2-4-15)9-10-3-1-5-17-7-10/h1,3,5,7-8H,2,6,9H2,(H2,16,18,19). The second kappa shape index (κ2) is 6.43. The molecule has 2 aromatic rings. The Morgan fingerprint density at radius 2 is 2.25 bits per heavy atom. The van der Waals surface area contributed by atoms with Crippen LogP contribution in [-0.4, -0.2) is 21.5 Å². The van der Waals surface area contributed by atoms with Crippen molar-refractivity contribution in [2.75, 3.05) is 17.2 Å². The van der Waals surface area contributed by atoms with Crippen molar-refractivity contribution in [1.29, 1.82) is 5.26 Å². The van der Waals surface area contributed by atoms with E-state index in [9.17, 15) is 4.39 Å². The summed E-state index contributed by atoms with van der Waals surface area (Å²) in [5.74, 6) is -0.479. The molecule has 2 aromatic heterocycles. The van der Waals surface area contributed by atoms with Gasteiger partial charge in [-0.2, -0.15) is 10.2 Å². The van der Waals surface area contributed by atoms with E-state index in [2.05, 4.69) is 15.0 Å². The van der Waals surface area contributed by atoms with Crippen LogP contribution in [0.15, 0.2) is 30.7 Å². The number of nitrogens with zero attached hydrogens (tertiary/aromatic N) is 5. The van der Waals surface area contributed by atoms with E-state index in [4.69, 9.17) is 11.0 Å². The third-order valence-electron chi connectivity index (χ3n) is 2.63. The van der Waals surface area contributed by atoms with Gasteiger partial charge < -0.3 is 10.6 Å². The minimum absolute atomic E-state index is 0.00505. The van der Waals surface area contributed by atoms with Crippen molar-refractivity contribution in [1.82, 2.24) is 15.0 Å². The van der Waals surface area contributed by atoms with E-state index in [0.29, 0.717) is 13.1 Å². The van der Waals surface area contributed by atoms with E-state index >= 15 is 0 Å². The van der Waals surface area contributed by atoms with Crippen LogP contribution >= 0.6 is 0 Å². The molecule has 0 saturated heterocycles. The molecule has 7 heteroatoms. The Morgan fingerprint density at radius 3 is 2.95 bits per heavy atom. The summed E-state index contributed by atoms with van der Waals surface area (Å²) in [7, 11) is 0. The van der Waals surface area contributed by atoms with E-state index in [-0.39, 0.29) is 18.2 Å². The molecule has 0 radical (unpaired) electrons. The van der Waals surface area contributed by atoms with E-state index in [1.807, 2.05) is 12.1 Å². The Labute approximate surface area is 115 Å². The zero-order valence-electron chi connectivity index (χ0n) is 10.7. The number of nitrogen functional groups attached to an aromatic ring is 1. The van der Waals surface area contributed by atoms with Gasteiger partial charge in [-0.15, -0.1) is 0 Å². The molecule has 0 bridgehead atoms. The first-order valence-corrected chi connectivity index (χ1v) is 5.99. The zero-order valence-corrected chi connectivity index (χ0v) is 10.7. The molecule has 0 fully saturated rings.